The summed E-state index contributed by atoms with van der Waals surface area (Å²) < 4.78 is 7.17. The molecule has 0 aliphatic heterocycles. The Balaban J connectivity index is 2.11. The molecular weight excluding hydrogens is 218 g/mol. The Morgan fingerprint density at radius 1 is 1.47 bits per heavy atom. The van der Waals surface area contributed by atoms with Gasteiger partial charge in [0.25, 0.3) is 0 Å². The molecule has 2 aromatic rings. The quantitative estimate of drug-likeness (QED) is 0.864. The highest BCUT2D eigenvalue weighted by Gasteiger charge is 2.11. The van der Waals surface area contributed by atoms with E-state index in [0.717, 1.165) is 23.6 Å². The molecule has 0 fully saturated rings. The van der Waals surface area contributed by atoms with Crippen molar-refractivity contribution in [2.45, 2.75) is 39.8 Å². The van der Waals surface area contributed by atoms with Gasteiger partial charge in [0.1, 0.15) is 12.3 Å². The van der Waals surface area contributed by atoms with E-state index in [-0.39, 0.29) is 6.04 Å². The molecule has 0 aliphatic rings. The molecule has 6 heteroatoms. The van der Waals surface area contributed by atoms with Crippen molar-refractivity contribution in [3.05, 3.63) is 29.2 Å². The second kappa shape index (κ2) is 4.67. The molecule has 2 N–H and O–H groups in total. The predicted octanol–water partition coefficient (Wildman–Crippen LogP) is 1.34. The third kappa shape index (κ3) is 2.52. The maximum atomic E-state index is 5.87. The molecule has 1 unspecified atom stereocenters. The van der Waals surface area contributed by atoms with Crippen LogP contribution in [0.3, 0.4) is 0 Å². The van der Waals surface area contributed by atoms with Crippen molar-refractivity contribution < 1.29 is 4.42 Å². The van der Waals surface area contributed by atoms with Crippen molar-refractivity contribution in [3.63, 3.8) is 0 Å². The molecule has 17 heavy (non-hydrogen) atoms. The van der Waals surface area contributed by atoms with Gasteiger partial charge in [0.05, 0.1) is 23.6 Å². The number of nitrogens with zero attached hydrogens (tertiary/aromatic N) is 4. The molecule has 0 aliphatic carbocycles. The van der Waals surface area contributed by atoms with Crippen molar-refractivity contribution in [3.8, 4) is 0 Å². The Bertz CT molecular complexity index is 482. The molecule has 2 heterocycles. The number of rotatable bonds is 4. The SMILES string of the molecule is CCC(N)c1cn(Cc2nc(C)c(C)o2)nn1. The largest absolute Gasteiger partial charge is 0.444 e. The average Bonchev–Trinajstić information content (AvgIpc) is 2.87. The Morgan fingerprint density at radius 2 is 2.24 bits per heavy atom. The monoisotopic (exact) mass is 235 g/mol. The zero-order chi connectivity index (χ0) is 12.4. The van der Waals surface area contributed by atoms with Gasteiger partial charge in [0.2, 0.25) is 5.89 Å². The van der Waals surface area contributed by atoms with E-state index in [1.54, 1.807) is 4.68 Å². The van der Waals surface area contributed by atoms with Crippen LogP contribution in [0.1, 0.15) is 42.4 Å². The summed E-state index contributed by atoms with van der Waals surface area (Å²) in [5.41, 5.74) is 7.58. The van der Waals surface area contributed by atoms with Crippen molar-refractivity contribution in [1.29, 1.82) is 0 Å². The average molecular weight is 235 g/mol. The van der Waals surface area contributed by atoms with Crippen LogP contribution < -0.4 is 5.73 Å². The molecule has 0 amide bonds. The van der Waals surface area contributed by atoms with Gasteiger partial charge >= 0.3 is 0 Å². The van der Waals surface area contributed by atoms with E-state index >= 15 is 0 Å². The van der Waals surface area contributed by atoms with E-state index in [1.807, 2.05) is 27.0 Å². The van der Waals surface area contributed by atoms with Crippen LogP contribution in [0.5, 0.6) is 0 Å². The molecule has 92 valence electrons. The highest BCUT2D eigenvalue weighted by atomic mass is 16.4. The van der Waals surface area contributed by atoms with E-state index < -0.39 is 0 Å². The van der Waals surface area contributed by atoms with E-state index in [9.17, 15) is 0 Å². The van der Waals surface area contributed by atoms with Crippen LogP contribution >= 0.6 is 0 Å². The molecule has 2 aromatic heterocycles. The maximum Gasteiger partial charge on any atom is 0.216 e. The number of oxazole rings is 1. The molecule has 0 saturated heterocycles. The summed E-state index contributed by atoms with van der Waals surface area (Å²) in [6.07, 6.45) is 2.68. The fourth-order valence-corrected chi connectivity index (χ4v) is 1.52. The zero-order valence-electron chi connectivity index (χ0n) is 10.3. The molecule has 0 saturated carbocycles. The summed E-state index contributed by atoms with van der Waals surface area (Å²) >= 11 is 0. The van der Waals surface area contributed by atoms with Crippen molar-refractivity contribution >= 4 is 0 Å². The van der Waals surface area contributed by atoms with E-state index in [0.29, 0.717) is 12.4 Å². The smallest absolute Gasteiger partial charge is 0.216 e. The Morgan fingerprint density at radius 3 is 2.82 bits per heavy atom. The summed E-state index contributed by atoms with van der Waals surface area (Å²) in [5.74, 6) is 1.48. The Hall–Kier alpha value is -1.69. The van der Waals surface area contributed by atoms with Crippen molar-refractivity contribution in [2.75, 3.05) is 0 Å². The Kier molecular flexibility index (Phi) is 3.23. The Labute approximate surface area is 99.8 Å². The molecule has 0 spiro atoms. The third-order valence-corrected chi connectivity index (χ3v) is 2.75. The molecule has 6 nitrogen and oxygen atoms in total. The number of aromatic nitrogens is 4. The molecule has 2 rings (SSSR count). The van der Waals surface area contributed by atoms with Gasteiger partial charge in [-0.3, -0.25) is 0 Å². The molecular formula is C11H17N5O. The van der Waals surface area contributed by atoms with E-state index in [4.69, 9.17) is 10.2 Å². The second-order valence-corrected chi connectivity index (χ2v) is 4.10. The van der Waals surface area contributed by atoms with Gasteiger partial charge < -0.3 is 10.2 Å². The van der Waals surface area contributed by atoms with Crippen LogP contribution in [-0.4, -0.2) is 20.0 Å². The van der Waals surface area contributed by atoms with Gasteiger partial charge in [-0.25, -0.2) is 9.67 Å². The minimum Gasteiger partial charge on any atom is -0.444 e. The number of hydrogen-bond donors (Lipinski definition) is 1. The normalized spacial score (nSPS) is 12.9. The lowest BCUT2D eigenvalue weighted by molar-refractivity contribution is 0.442. The lowest BCUT2D eigenvalue weighted by Gasteiger charge is -2.01. The third-order valence-electron chi connectivity index (χ3n) is 2.75. The minimum atomic E-state index is -0.0585. The summed E-state index contributed by atoms with van der Waals surface area (Å²) in [4.78, 5) is 4.29. The van der Waals surface area contributed by atoms with Crippen LogP contribution in [0, 0.1) is 13.8 Å². The summed E-state index contributed by atoms with van der Waals surface area (Å²) in [5, 5.41) is 8.04. The van der Waals surface area contributed by atoms with Gasteiger partial charge in [-0.15, -0.1) is 5.10 Å². The standard InChI is InChI=1S/C11H17N5O/c1-4-9(12)10-5-16(15-14-10)6-11-13-7(2)8(3)17-11/h5,9H,4,6,12H2,1-3H3. The van der Waals surface area contributed by atoms with Gasteiger partial charge in [-0.1, -0.05) is 12.1 Å². The predicted molar refractivity (Wildman–Crippen MR) is 62.3 cm³/mol. The van der Waals surface area contributed by atoms with Gasteiger partial charge in [-0.2, -0.15) is 0 Å². The summed E-state index contributed by atoms with van der Waals surface area (Å²) in [6, 6.07) is -0.0585. The first-order valence-electron chi connectivity index (χ1n) is 5.68. The maximum absolute atomic E-state index is 5.87. The topological polar surface area (TPSA) is 82.8 Å². The molecule has 0 radical (unpaired) electrons. The first-order chi connectivity index (χ1) is 8.10. The van der Waals surface area contributed by atoms with Crippen LogP contribution in [0.25, 0.3) is 0 Å². The summed E-state index contributed by atoms with van der Waals surface area (Å²) in [6.45, 7) is 6.32. The number of nitrogens with two attached hydrogens (primary N) is 1. The number of hydrogen-bond acceptors (Lipinski definition) is 5. The lowest BCUT2D eigenvalue weighted by atomic mass is 10.2. The van der Waals surface area contributed by atoms with Crippen LogP contribution in [0.15, 0.2) is 10.6 Å². The fraction of sp³-hybridized carbons (Fsp3) is 0.545. The lowest BCUT2D eigenvalue weighted by Crippen LogP contribution is -2.08. The van der Waals surface area contributed by atoms with E-state index in [1.165, 1.54) is 0 Å². The van der Waals surface area contributed by atoms with Gasteiger partial charge in [-0.05, 0) is 20.3 Å². The van der Waals surface area contributed by atoms with E-state index in [2.05, 4.69) is 15.3 Å². The van der Waals surface area contributed by atoms with Gasteiger partial charge in [0.15, 0.2) is 0 Å². The fourth-order valence-electron chi connectivity index (χ4n) is 1.52. The van der Waals surface area contributed by atoms with Gasteiger partial charge in [0, 0.05) is 0 Å². The number of aryl methyl sites for hydroxylation is 2. The highest BCUT2D eigenvalue weighted by molar-refractivity contribution is 5.06. The highest BCUT2D eigenvalue weighted by Crippen LogP contribution is 2.12. The minimum absolute atomic E-state index is 0.0585. The van der Waals surface area contributed by atoms with Crippen molar-refractivity contribution in [2.24, 2.45) is 5.73 Å². The van der Waals surface area contributed by atoms with Crippen LogP contribution in [0.4, 0.5) is 0 Å². The zero-order valence-corrected chi connectivity index (χ0v) is 10.3. The second-order valence-electron chi connectivity index (χ2n) is 4.10. The molecule has 0 bridgehead atoms. The molecule has 1 atom stereocenters. The first kappa shape index (κ1) is 11.8. The molecule has 0 aromatic carbocycles. The first-order valence-corrected chi connectivity index (χ1v) is 5.68. The van der Waals surface area contributed by atoms with Crippen molar-refractivity contribution in [1.82, 2.24) is 20.0 Å². The van der Waals surface area contributed by atoms with Crippen LogP contribution in [-0.2, 0) is 6.54 Å². The van der Waals surface area contributed by atoms with Crippen LogP contribution in [0.2, 0.25) is 0 Å². The summed E-state index contributed by atoms with van der Waals surface area (Å²) in [7, 11) is 0.